The van der Waals surface area contributed by atoms with Crippen LogP contribution >= 0.6 is 23.1 Å². The summed E-state index contributed by atoms with van der Waals surface area (Å²) in [5.41, 5.74) is 2.32. The van der Waals surface area contributed by atoms with Crippen molar-refractivity contribution in [3.05, 3.63) is 29.8 Å². The average Bonchev–Trinajstić information content (AvgIpc) is 3.25. The average molecular weight is 348 g/mol. The lowest BCUT2D eigenvalue weighted by Gasteiger charge is -2.13. The normalized spacial score (nSPS) is 14.2. The van der Waals surface area contributed by atoms with E-state index in [4.69, 9.17) is 0 Å². The highest BCUT2D eigenvalue weighted by Crippen LogP contribution is 2.29. The monoisotopic (exact) mass is 348 g/mol. The van der Waals surface area contributed by atoms with E-state index >= 15 is 0 Å². The van der Waals surface area contributed by atoms with Crippen LogP contribution in [0.3, 0.4) is 0 Å². The highest BCUT2D eigenvalue weighted by Gasteiger charge is 2.18. The molecule has 2 heterocycles. The second kappa shape index (κ2) is 7.79. The van der Waals surface area contributed by atoms with Crippen LogP contribution in [0.15, 0.2) is 28.6 Å². The van der Waals surface area contributed by atoms with Gasteiger partial charge in [-0.05, 0) is 30.9 Å². The Morgan fingerprint density at radius 1 is 1.30 bits per heavy atom. The van der Waals surface area contributed by atoms with E-state index in [0.29, 0.717) is 5.75 Å². The van der Waals surface area contributed by atoms with Gasteiger partial charge in [-0.1, -0.05) is 48.2 Å². The smallest absolute Gasteiger partial charge is 0.233 e. The zero-order valence-electron chi connectivity index (χ0n) is 13.1. The van der Waals surface area contributed by atoms with Crippen LogP contribution in [0.2, 0.25) is 0 Å². The maximum absolute atomic E-state index is 12.0. The van der Waals surface area contributed by atoms with Crippen LogP contribution in [-0.4, -0.2) is 39.8 Å². The van der Waals surface area contributed by atoms with Gasteiger partial charge < -0.3 is 10.2 Å². The summed E-state index contributed by atoms with van der Waals surface area (Å²) < 4.78 is 0.828. The molecule has 1 aliphatic rings. The molecule has 1 N–H and O–H groups in total. The molecule has 1 aliphatic heterocycles. The summed E-state index contributed by atoms with van der Waals surface area (Å²) in [4.78, 5) is 14.0. The fraction of sp³-hybridized carbons (Fsp3) is 0.438. The van der Waals surface area contributed by atoms with Gasteiger partial charge in [-0.15, -0.1) is 10.2 Å². The highest BCUT2D eigenvalue weighted by molar-refractivity contribution is 8.01. The number of hydrogen-bond acceptors (Lipinski definition) is 6. The van der Waals surface area contributed by atoms with Gasteiger partial charge >= 0.3 is 0 Å². The van der Waals surface area contributed by atoms with Gasteiger partial charge in [-0.25, -0.2) is 0 Å². The van der Waals surface area contributed by atoms with Crippen molar-refractivity contribution >= 4 is 39.8 Å². The Kier molecular flexibility index (Phi) is 5.51. The summed E-state index contributed by atoms with van der Waals surface area (Å²) in [5.74, 6) is 0.647. The summed E-state index contributed by atoms with van der Waals surface area (Å²) >= 11 is 2.96. The zero-order valence-corrected chi connectivity index (χ0v) is 14.8. The Balaban J connectivity index is 1.56. The van der Waals surface area contributed by atoms with Crippen LogP contribution in [0.5, 0.6) is 0 Å². The number of thioether (sulfide) groups is 1. The van der Waals surface area contributed by atoms with Crippen molar-refractivity contribution in [2.45, 2.75) is 30.5 Å². The first-order valence-corrected chi connectivity index (χ1v) is 9.65. The third-order valence-corrected chi connectivity index (χ3v) is 5.78. The standard InChI is InChI=1S/C16H20N4OS2/c1-2-12-7-3-4-8-13(12)17-15-18-19-16(23-15)22-11-14(21)20-9-5-6-10-20/h3-4,7-8H,2,5-6,9-11H2,1H3,(H,17,18). The molecule has 1 aromatic carbocycles. The number of para-hydroxylation sites is 1. The number of rotatable bonds is 6. The van der Waals surface area contributed by atoms with E-state index in [-0.39, 0.29) is 5.91 Å². The van der Waals surface area contributed by atoms with E-state index in [1.54, 1.807) is 0 Å². The summed E-state index contributed by atoms with van der Waals surface area (Å²) in [6, 6.07) is 8.19. The molecule has 1 fully saturated rings. The SMILES string of the molecule is CCc1ccccc1Nc1nnc(SCC(=O)N2CCCC2)s1. The molecule has 1 aromatic heterocycles. The summed E-state index contributed by atoms with van der Waals surface area (Å²) in [6.07, 6.45) is 3.22. The molecule has 7 heteroatoms. The summed E-state index contributed by atoms with van der Waals surface area (Å²) in [5, 5.41) is 12.4. The molecule has 23 heavy (non-hydrogen) atoms. The minimum Gasteiger partial charge on any atom is -0.342 e. The maximum Gasteiger partial charge on any atom is 0.233 e. The largest absolute Gasteiger partial charge is 0.342 e. The number of carbonyl (C=O) groups is 1. The molecule has 1 amide bonds. The number of nitrogens with zero attached hydrogens (tertiary/aromatic N) is 3. The van der Waals surface area contributed by atoms with Crippen LogP contribution in [0.1, 0.15) is 25.3 Å². The van der Waals surface area contributed by atoms with Crippen LogP contribution < -0.4 is 5.32 Å². The van der Waals surface area contributed by atoms with E-state index < -0.39 is 0 Å². The lowest BCUT2D eigenvalue weighted by molar-refractivity contribution is -0.127. The number of anilines is 2. The van der Waals surface area contributed by atoms with Crippen LogP contribution in [-0.2, 0) is 11.2 Å². The number of aromatic nitrogens is 2. The number of nitrogens with one attached hydrogen (secondary N) is 1. The van der Waals surface area contributed by atoms with Gasteiger partial charge in [0.1, 0.15) is 0 Å². The van der Waals surface area contributed by atoms with Crippen molar-refractivity contribution in [2.75, 3.05) is 24.2 Å². The van der Waals surface area contributed by atoms with Gasteiger partial charge in [0.2, 0.25) is 11.0 Å². The fourth-order valence-electron chi connectivity index (χ4n) is 2.57. The first-order chi connectivity index (χ1) is 11.3. The molecule has 0 atom stereocenters. The summed E-state index contributed by atoms with van der Waals surface area (Å²) in [6.45, 7) is 3.93. The highest BCUT2D eigenvalue weighted by atomic mass is 32.2. The number of likely N-dealkylation sites (tertiary alicyclic amines) is 1. The lowest BCUT2D eigenvalue weighted by atomic mass is 10.1. The molecule has 5 nitrogen and oxygen atoms in total. The number of hydrogen-bond donors (Lipinski definition) is 1. The van der Waals surface area contributed by atoms with E-state index in [9.17, 15) is 4.79 Å². The summed E-state index contributed by atoms with van der Waals surface area (Å²) in [7, 11) is 0. The Bertz CT molecular complexity index is 668. The van der Waals surface area contributed by atoms with Crippen LogP contribution in [0.25, 0.3) is 0 Å². The zero-order chi connectivity index (χ0) is 16.1. The Labute approximate surface area is 144 Å². The van der Waals surface area contributed by atoms with E-state index in [1.807, 2.05) is 23.1 Å². The van der Waals surface area contributed by atoms with Crippen molar-refractivity contribution < 1.29 is 4.79 Å². The molecule has 0 unspecified atom stereocenters. The third-order valence-electron chi connectivity index (χ3n) is 3.82. The van der Waals surface area contributed by atoms with Gasteiger partial charge in [0.05, 0.1) is 5.75 Å². The van der Waals surface area contributed by atoms with Gasteiger partial charge in [0.15, 0.2) is 4.34 Å². The lowest BCUT2D eigenvalue weighted by Crippen LogP contribution is -2.29. The van der Waals surface area contributed by atoms with Crippen LogP contribution in [0.4, 0.5) is 10.8 Å². The topological polar surface area (TPSA) is 58.1 Å². The van der Waals surface area contributed by atoms with Gasteiger partial charge in [0, 0.05) is 18.8 Å². The first-order valence-electron chi connectivity index (χ1n) is 7.85. The van der Waals surface area contributed by atoms with Crippen molar-refractivity contribution in [1.82, 2.24) is 15.1 Å². The quantitative estimate of drug-likeness (QED) is 0.809. The molecule has 0 spiro atoms. The molecule has 0 saturated carbocycles. The van der Waals surface area contributed by atoms with Crippen molar-refractivity contribution in [2.24, 2.45) is 0 Å². The van der Waals surface area contributed by atoms with Gasteiger partial charge in [-0.2, -0.15) is 0 Å². The predicted molar refractivity (Wildman–Crippen MR) is 95.5 cm³/mol. The van der Waals surface area contributed by atoms with E-state index in [2.05, 4.69) is 28.5 Å². The second-order valence-corrected chi connectivity index (χ2v) is 7.59. The van der Waals surface area contributed by atoms with Crippen molar-refractivity contribution in [3.63, 3.8) is 0 Å². The molecule has 1 saturated heterocycles. The maximum atomic E-state index is 12.0. The predicted octanol–water partition coefficient (Wildman–Crippen LogP) is 3.56. The van der Waals surface area contributed by atoms with Gasteiger partial charge in [-0.3, -0.25) is 4.79 Å². The van der Waals surface area contributed by atoms with Crippen LogP contribution in [0, 0.1) is 0 Å². The van der Waals surface area contributed by atoms with Crippen molar-refractivity contribution in [1.29, 1.82) is 0 Å². The number of amides is 1. The molecule has 0 bridgehead atoms. The third kappa shape index (κ3) is 4.23. The molecule has 2 aromatic rings. The molecular weight excluding hydrogens is 328 g/mol. The minimum absolute atomic E-state index is 0.202. The minimum atomic E-state index is 0.202. The van der Waals surface area contributed by atoms with Gasteiger partial charge in [0.25, 0.3) is 0 Å². The molecule has 0 aliphatic carbocycles. The Morgan fingerprint density at radius 3 is 2.87 bits per heavy atom. The molecule has 0 radical (unpaired) electrons. The van der Waals surface area contributed by atoms with E-state index in [0.717, 1.165) is 47.5 Å². The first kappa shape index (κ1) is 16.3. The molecule has 122 valence electrons. The van der Waals surface area contributed by atoms with E-state index in [1.165, 1.54) is 28.7 Å². The number of aryl methyl sites for hydroxylation is 1. The number of benzene rings is 1. The number of carbonyl (C=O) groups excluding carboxylic acids is 1. The molecular formula is C16H20N4OS2. The molecule has 3 rings (SSSR count). The Morgan fingerprint density at radius 2 is 2.09 bits per heavy atom. The Hall–Kier alpha value is -1.60. The second-order valence-electron chi connectivity index (χ2n) is 5.39. The van der Waals surface area contributed by atoms with Crippen molar-refractivity contribution in [3.8, 4) is 0 Å². The fourth-order valence-corrected chi connectivity index (χ4v) is 4.23.